The van der Waals surface area contributed by atoms with Crippen LogP contribution >= 0.6 is 0 Å². The molecule has 4 heteroatoms. The molecule has 0 fully saturated rings. The fourth-order valence-corrected chi connectivity index (χ4v) is 2.56. The summed E-state index contributed by atoms with van der Waals surface area (Å²) in [5.74, 6) is 0.873. The number of aliphatic hydroxyl groups is 1. The van der Waals surface area contributed by atoms with Crippen LogP contribution in [0.1, 0.15) is 18.5 Å². The predicted octanol–water partition coefficient (Wildman–Crippen LogP) is 2.42. The molecule has 0 aliphatic carbocycles. The van der Waals surface area contributed by atoms with E-state index in [0.29, 0.717) is 13.1 Å². The minimum atomic E-state index is -0.359. The van der Waals surface area contributed by atoms with Gasteiger partial charge in [-0.3, -0.25) is 0 Å². The smallest absolute Gasteiger partial charge is 0.119 e. The lowest BCUT2D eigenvalue weighted by Crippen LogP contribution is -2.36. The number of likely N-dealkylation sites (N-methyl/N-ethyl adjacent to an activating group) is 1. The van der Waals surface area contributed by atoms with Crippen LogP contribution in [0.15, 0.2) is 36.4 Å². The summed E-state index contributed by atoms with van der Waals surface area (Å²) in [6.07, 6.45) is -0.359. The highest BCUT2D eigenvalue weighted by Crippen LogP contribution is 2.24. The highest BCUT2D eigenvalue weighted by atomic mass is 16.5. The molecule has 2 aromatic carbocycles. The number of ether oxygens (including phenoxy) is 1. The maximum Gasteiger partial charge on any atom is 0.119 e. The molecular formula is C18H26N2O2. The number of rotatable bonds is 7. The van der Waals surface area contributed by atoms with Crippen LogP contribution < -0.4 is 10.1 Å². The van der Waals surface area contributed by atoms with E-state index in [1.54, 1.807) is 7.11 Å². The van der Waals surface area contributed by atoms with Gasteiger partial charge in [0, 0.05) is 19.1 Å². The van der Waals surface area contributed by atoms with Crippen LogP contribution in [0.2, 0.25) is 0 Å². The first-order chi connectivity index (χ1) is 10.5. The third-order valence-electron chi connectivity index (χ3n) is 3.81. The summed E-state index contributed by atoms with van der Waals surface area (Å²) in [4.78, 5) is 1.99. The van der Waals surface area contributed by atoms with Crippen LogP contribution in [0.3, 0.4) is 0 Å². The third kappa shape index (κ3) is 4.44. The van der Waals surface area contributed by atoms with E-state index < -0.39 is 0 Å². The molecule has 2 rings (SSSR count). The van der Waals surface area contributed by atoms with Gasteiger partial charge in [0.25, 0.3) is 0 Å². The van der Waals surface area contributed by atoms with Crippen LogP contribution in [-0.4, -0.2) is 50.4 Å². The summed E-state index contributed by atoms with van der Waals surface area (Å²) < 4.78 is 5.25. The van der Waals surface area contributed by atoms with Crippen molar-refractivity contribution >= 4 is 10.8 Å². The number of aliphatic hydroxyl groups excluding tert-OH is 1. The van der Waals surface area contributed by atoms with E-state index in [1.165, 1.54) is 16.3 Å². The summed E-state index contributed by atoms with van der Waals surface area (Å²) in [5, 5.41) is 15.7. The molecule has 120 valence electrons. The molecule has 0 aliphatic rings. The van der Waals surface area contributed by atoms with Crippen molar-refractivity contribution in [3.05, 3.63) is 42.0 Å². The number of hydrogen-bond acceptors (Lipinski definition) is 4. The number of nitrogens with zero attached hydrogens (tertiary/aromatic N) is 1. The first kappa shape index (κ1) is 16.7. The van der Waals surface area contributed by atoms with Crippen molar-refractivity contribution < 1.29 is 9.84 Å². The summed E-state index contributed by atoms with van der Waals surface area (Å²) in [6, 6.07) is 12.7. The highest BCUT2D eigenvalue weighted by Gasteiger charge is 2.10. The van der Waals surface area contributed by atoms with Crippen LogP contribution in [-0.2, 0) is 0 Å². The normalized spacial score (nSPS) is 14.3. The minimum Gasteiger partial charge on any atom is -0.497 e. The standard InChI is InChI=1S/C18H26N2O2/c1-13(19-11-17(21)12-20(2)3)14-5-6-16-10-18(22-4)8-7-15(16)9-14/h5-10,13,17,19,21H,11-12H2,1-4H3. The fraction of sp³-hybridized carbons (Fsp3) is 0.444. The molecule has 4 nitrogen and oxygen atoms in total. The number of nitrogens with one attached hydrogen (secondary N) is 1. The quantitative estimate of drug-likeness (QED) is 0.824. The van der Waals surface area contributed by atoms with Crippen LogP contribution in [0.25, 0.3) is 10.8 Å². The van der Waals surface area contributed by atoms with Crippen molar-refractivity contribution in [3.8, 4) is 5.75 Å². The van der Waals surface area contributed by atoms with E-state index in [1.807, 2.05) is 31.1 Å². The van der Waals surface area contributed by atoms with Gasteiger partial charge in [-0.15, -0.1) is 0 Å². The molecule has 2 aromatic rings. The van der Waals surface area contributed by atoms with E-state index in [0.717, 1.165) is 5.75 Å². The van der Waals surface area contributed by atoms with Gasteiger partial charge < -0.3 is 20.1 Å². The Morgan fingerprint density at radius 1 is 1.14 bits per heavy atom. The first-order valence-corrected chi connectivity index (χ1v) is 7.63. The predicted molar refractivity (Wildman–Crippen MR) is 91.5 cm³/mol. The maximum atomic E-state index is 9.93. The molecule has 2 N–H and O–H groups in total. The Balaban J connectivity index is 2.03. The van der Waals surface area contributed by atoms with E-state index in [9.17, 15) is 5.11 Å². The first-order valence-electron chi connectivity index (χ1n) is 7.63. The van der Waals surface area contributed by atoms with Gasteiger partial charge >= 0.3 is 0 Å². The summed E-state index contributed by atoms with van der Waals surface area (Å²) >= 11 is 0. The van der Waals surface area contributed by atoms with Gasteiger partial charge in [0.2, 0.25) is 0 Å². The van der Waals surface area contributed by atoms with Gasteiger partial charge in [0.15, 0.2) is 0 Å². The molecular weight excluding hydrogens is 276 g/mol. The van der Waals surface area contributed by atoms with Crippen LogP contribution in [0.4, 0.5) is 0 Å². The Morgan fingerprint density at radius 3 is 2.50 bits per heavy atom. The Kier molecular flexibility index (Phi) is 5.77. The molecule has 2 unspecified atom stereocenters. The number of benzene rings is 2. The van der Waals surface area contributed by atoms with E-state index in [2.05, 4.69) is 36.5 Å². The highest BCUT2D eigenvalue weighted by molar-refractivity contribution is 5.84. The van der Waals surface area contributed by atoms with Crippen molar-refractivity contribution in [2.75, 3.05) is 34.3 Å². The molecule has 0 radical (unpaired) electrons. The number of hydrogen-bond donors (Lipinski definition) is 2. The zero-order chi connectivity index (χ0) is 16.1. The molecule has 0 bridgehead atoms. The van der Waals surface area contributed by atoms with E-state index >= 15 is 0 Å². The molecule has 2 atom stereocenters. The van der Waals surface area contributed by atoms with E-state index in [-0.39, 0.29) is 12.1 Å². The number of methoxy groups -OCH3 is 1. The Morgan fingerprint density at radius 2 is 1.82 bits per heavy atom. The summed E-state index contributed by atoms with van der Waals surface area (Å²) in [7, 11) is 5.61. The second kappa shape index (κ2) is 7.58. The molecule has 0 aliphatic heterocycles. The van der Waals surface area contributed by atoms with Gasteiger partial charge in [-0.05, 0) is 55.6 Å². The molecule has 0 aromatic heterocycles. The minimum absolute atomic E-state index is 0.198. The summed E-state index contributed by atoms with van der Waals surface area (Å²) in [5.41, 5.74) is 1.22. The van der Waals surface area contributed by atoms with E-state index in [4.69, 9.17) is 4.74 Å². The second-order valence-electron chi connectivity index (χ2n) is 6.02. The lowest BCUT2D eigenvalue weighted by atomic mass is 10.0. The molecule has 22 heavy (non-hydrogen) atoms. The zero-order valence-corrected chi connectivity index (χ0v) is 13.8. The SMILES string of the molecule is COc1ccc2cc(C(C)NCC(O)CN(C)C)ccc2c1. The van der Waals surface area contributed by atoms with Gasteiger partial charge in [-0.1, -0.05) is 18.2 Å². The molecule has 0 saturated carbocycles. The van der Waals surface area contributed by atoms with Crippen molar-refractivity contribution in [1.82, 2.24) is 10.2 Å². The molecule has 0 saturated heterocycles. The average Bonchev–Trinajstić information content (AvgIpc) is 2.50. The lowest BCUT2D eigenvalue weighted by molar-refractivity contribution is 0.132. The fourth-order valence-electron chi connectivity index (χ4n) is 2.56. The average molecular weight is 302 g/mol. The summed E-state index contributed by atoms with van der Waals surface area (Å²) in [6.45, 7) is 3.37. The topological polar surface area (TPSA) is 44.7 Å². The van der Waals surface area contributed by atoms with Crippen molar-refractivity contribution in [2.45, 2.75) is 19.1 Å². The maximum absolute atomic E-state index is 9.93. The van der Waals surface area contributed by atoms with Gasteiger partial charge in [-0.25, -0.2) is 0 Å². The Bertz CT molecular complexity index is 613. The molecule has 0 amide bonds. The monoisotopic (exact) mass is 302 g/mol. The Hall–Kier alpha value is -1.62. The Labute approximate surface area is 132 Å². The second-order valence-corrected chi connectivity index (χ2v) is 6.02. The van der Waals surface area contributed by atoms with Gasteiger partial charge in [0.1, 0.15) is 5.75 Å². The van der Waals surface area contributed by atoms with Crippen LogP contribution in [0, 0.1) is 0 Å². The lowest BCUT2D eigenvalue weighted by Gasteiger charge is -2.20. The molecule has 0 heterocycles. The molecule has 0 spiro atoms. The van der Waals surface area contributed by atoms with Crippen molar-refractivity contribution in [2.24, 2.45) is 0 Å². The van der Waals surface area contributed by atoms with Gasteiger partial charge in [-0.2, -0.15) is 0 Å². The third-order valence-corrected chi connectivity index (χ3v) is 3.81. The van der Waals surface area contributed by atoms with Crippen LogP contribution in [0.5, 0.6) is 5.75 Å². The largest absolute Gasteiger partial charge is 0.497 e. The van der Waals surface area contributed by atoms with Crippen molar-refractivity contribution in [1.29, 1.82) is 0 Å². The zero-order valence-electron chi connectivity index (χ0n) is 13.8. The van der Waals surface area contributed by atoms with Crippen molar-refractivity contribution in [3.63, 3.8) is 0 Å². The number of fused-ring (bicyclic) bond motifs is 1. The van der Waals surface area contributed by atoms with Gasteiger partial charge in [0.05, 0.1) is 13.2 Å².